The second-order valence-corrected chi connectivity index (χ2v) is 21.2. The van der Waals surface area contributed by atoms with Crippen LogP contribution in [0.5, 0.6) is 0 Å². The van der Waals surface area contributed by atoms with E-state index in [4.69, 9.17) is 0 Å². The van der Waals surface area contributed by atoms with Gasteiger partial charge in [-0.1, -0.05) is 184 Å². The number of nitrogens with zero attached hydrogens (tertiary/aromatic N) is 4. The van der Waals surface area contributed by atoms with Crippen molar-refractivity contribution in [3.05, 3.63) is 142 Å². The van der Waals surface area contributed by atoms with Gasteiger partial charge in [0.1, 0.15) is 47.5 Å². The molecular weight excluding hydrogens is 769 g/mol. The highest BCUT2D eigenvalue weighted by Crippen LogP contribution is 2.43. The Morgan fingerprint density at radius 3 is 0.767 bits per heavy atom. The van der Waals surface area contributed by atoms with Crippen molar-refractivity contribution < 1.29 is 9.13 Å². The van der Waals surface area contributed by atoms with Gasteiger partial charge in [0.25, 0.3) is 0 Å². The maximum Gasteiger partial charge on any atom is 0.339 e. The summed E-state index contributed by atoms with van der Waals surface area (Å²) in [5, 5.41) is 2.37. The molecule has 0 bridgehead atoms. The molecule has 6 heteroatoms. The third-order valence-electron chi connectivity index (χ3n) is 12.1. The summed E-state index contributed by atoms with van der Waals surface area (Å²) in [4.78, 5) is 0. The second kappa shape index (κ2) is 18.9. The van der Waals surface area contributed by atoms with E-state index < -0.39 is 0 Å². The van der Waals surface area contributed by atoms with Crippen molar-refractivity contribution in [2.75, 3.05) is 0 Å². The number of hydrogen-bond acceptors (Lipinski definition) is 2. The minimum Gasteiger partial charge on any atom is -0.188 e. The van der Waals surface area contributed by atoms with Crippen molar-refractivity contribution in [2.45, 2.75) is 168 Å². The van der Waals surface area contributed by atoms with Crippen molar-refractivity contribution >= 4 is 21.6 Å². The molecule has 0 aliphatic carbocycles. The molecule has 0 saturated carbocycles. The Kier molecular flexibility index (Phi) is 14.4. The average molecular weight is 841 g/mol. The lowest BCUT2D eigenvalue weighted by Crippen LogP contribution is -2.36. The molecule has 0 N–H and O–H groups in total. The lowest BCUT2D eigenvalue weighted by atomic mass is 9.92. The summed E-state index contributed by atoms with van der Waals surface area (Å²) in [6.45, 7) is 37.3. The highest BCUT2D eigenvalue weighted by Gasteiger charge is 2.35. The van der Waals surface area contributed by atoms with E-state index in [9.17, 15) is 0 Å². The number of hydrogen-bond donors (Lipinski definition) is 0. The van der Waals surface area contributed by atoms with Crippen LogP contribution in [0, 0.1) is 0 Å². The molecule has 4 nitrogen and oxygen atoms in total. The van der Waals surface area contributed by atoms with E-state index in [1.54, 1.807) is 0 Å². The van der Waals surface area contributed by atoms with E-state index in [0.717, 1.165) is 0 Å². The lowest BCUT2D eigenvalue weighted by Gasteiger charge is -2.20. The minimum absolute atomic E-state index is 0.359. The van der Waals surface area contributed by atoms with Gasteiger partial charge < -0.3 is 0 Å². The van der Waals surface area contributed by atoms with Crippen LogP contribution in [-0.2, 0) is 0 Å². The van der Waals surface area contributed by atoms with Crippen LogP contribution < -0.4 is 9.13 Å². The number of aromatic nitrogens is 4. The van der Waals surface area contributed by atoms with E-state index in [1.165, 1.54) is 77.6 Å². The standard InChI is InChI=1S/C54H72N4S2/c1-33(2)41-21-17-22-42(34(3)4)49(41)55-29-30-56(50-43(35(5)6)23-18-24-44(50)36(7)8)53(55)59-60-54-57(51-45(37(9)10)25-19-26-46(51)38(11)12)31-32-58(54)52-47(39(13)14)27-20-28-48(52)40(15)16/h17-40H,1-16H3/q+2. The third kappa shape index (κ3) is 8.84. The summed E-state index contributed by atoms with van der Waals surface area (Å²) in [5.74, 6) is 2.87. The number of rotatable bonds is 15. The molecule has 0 unspecified atom stereocenters. The van der Waals surface area contributed by atoms with Crippen molar-refractivity contribution in [3.63, 3.8) is 0 Å². The smallest absolute Gasteiger partial charge is 0.188 e. The maximum absolute atomic E-state index is 2.52. The Bertz CT molecular complexity index is 1980. The van der Waals surface area contributed by atoms with Crippen LogP contribution in [0.3, 0.4) is 0 Å². The van der Waals surface area contributed by atoms with E-state index >= 15 is 0 Å². The fraction of sp³-hybridized carbons (Fsp3) is 0.444. The van der Waals surface area contributed by atoms with Crippen molar-refractivity contribution in [3.8, 4) is 22.7 Å². The number of benzene rings is 4. The molecule has 2 heterocycles. The molecule has 6 aromatic rings. The van der Waals surface area contributed by atoms with Gasteiger partial charge in [0.2, 0.25) is 0 Å². The van der Waals surface area contributed by atoms with Gasteiger partial charge in [-0.3, -0.25) is 0 Å². The lowest BCUT2D eigenvalue weighted by molar-refractivity contribution is -0.638. The molecule has 0 atom stereocenters. The van der Waals surface area contributed by atoms with Crippen LogP contribution in [0.4, 0.5) is 0 Å². The number of para-hydroxylation sites is 4. The van der Waals surface area contributed by atoms with Gasteiger partial charge in [0.05, 0.1) is 0 Å². The summed E-state index contributed by atoms with van der Waals surface area (Å²) < 4.78 is 10.1. The van der Waals surface area contributed by atoms with Crippen LogP contribution in [-0.4, -0.2) is 9.13 Å². The molecule has 0 aliphatic rings. The summed E-state index contributed by atoms with van der Waals surface area (Å²) in [6, 6.07) is 27.7. The van der Waals surface area contributed by atoms with Gasteiger partial charge in [-0.05, 0) is 47.3 Å². The molecule has 6 rings (SSSR count). The fourth-order valence-electron chi connectivity index (χ4n) is 8.83. The predicted molar refractivity (Wildman–Crippen MR) is 259 cm³/mol. The van der Waals surface area contributed by atoms with Crippen molar-refractivity contribution in [1.29, 1.82) is 0 Å². The molecule has 2 aromatic heterocycles. The van der Waals surface area contributed by atoms with Gasteiger partial charge >= 0.3 is 10.3 Å². The quantitative estimate of drug-likeness (QED) is 0.0757. The van der Waals surface area contributed by atoms with Gasteiger partial charge in [0, 0.05) is 66.1 Å². The van der Waals surface area contributed by atoms with E-state index in [-0.39, 0.29) is 0 Å². The zero-order valence-corrected chi connectivity index (χ0v) is 41.1. The summed E-state index contributed by atoms with van der Waals surface area (Å²) >= 11 is 0. The van der Waals surface area contributed by atoms with Crippen LogP contribution >= 0.6 is 21.6 Å². The highest BCUT2D eigenvalue weighted by molar-refractivity contribution is 8.76. The monoisotopic (exact) mass is 841 g/mol. The SMILES string of the molecule is CC(C)c1cccc(C(C)C)c1-n1cc[n+](-c2c(C(C)C)cccc2C(C)C)c1SSc1n(-c2c(C(C)C)cccc2C(C)C)cc[n+]1-c1c(C(C)C)cccc1C(C)C. The maximum atomic E-state index is 2.52. The molecule has 0 aliphatic heterocycles. The van der Waals surface area contributed by atoms with Crippen LogP contribution in [0.1, 0.15) is 203 Å². The van der Waals surface area contributed by atoms with Gasteiger partial charge in [-0.15, -0.1) is 0 Å². The normalized spacial score (nSPS) is 12.3. The summed E-state index contributed by atoms with van der Waals surface area (Å²) in [6.07, 6.45) is 9.33. The van der Waals surface area contributed by atoms with E-state index in [2.05, 4.69) is 227 Å². The van der Waals surface area contributed by atoms with Crippen LogP contribution in [0.2, 0.25) is 0 Å². The van der Waals surface area contributed by atoms with Gasteiger partial charge in [0.15, 0.2) is 0 Å². The van der Waals surface area contributed by atoms with Crippen LogP contribution in [0.25, 0.3) is 22.7 Å². The van der Waals surface area contributed by atoms with Gasteiger partial charge in [-0.25, -0.2) is 0 Å². The largest absolute Gasteiger partial charge is 0.339 e. The summed E-state index contributed by atoms with van der Waals surface area (Å²) in [7, 11) is 3.77. The second-order valence-electron chi connectivity index (χ2n) is 19.2. The predicted octanol–water partition coefficient (Wildman–Crippen LogP) is 15.6. The number of imidazole rings is 2. The topological polar surface area (TPSA) is 17.6 Å². The molecule has 318 valence electrons. The van der Waals surface area contributed by atoms with Crippen LogP contribution in [0.15, 0.2) is 108 Å². The molecule has 0 radical (unpaired) electrons. The molecule has 0 spiro atoms. The molecular formula is C54H72N4S2+2. The molecule has 4 aromatic carbocycles. The minimum atomic E-state index is 0.359. The first-order valence-corrected chi connectivity index (χ1v) is 24.7. The zero-order valence-electron chi connectivity index (χ0n) is 39.5. The zero-order chi connectivity index (χ0) is 43.7. The van der Waals surface area contributed by atoms with E-state index in [0.29, 0.717) is 47.3 Å². The first-order valence-electron chi connectivity index (χ1n) is 22.6. The molecule has 0 fully saturated rings. The Labute approximate surface area is 371 Å². The Morgan fingerprint density at radius 1 is 0.333 bits per heavy atom. The molecule has 60 heavy (non-hydrogen) atoms. The summed E-state index contributed by atoms with van der Waals surface area (Å²) in [5.41, 5.74) is 16.2. The Balaban J connectivity index is 1.72. The first kappa shape index (κ1) is 45.5. The average Bonchev–Trinajstić information content (AvgIpc) is 3.82. The van der Waals surface area contributed by atoms with Gasteiger partial charge in [-0.2, -0.15) is 18.3 Å². The first-order chi connectivity index (χ1) is 28.5. The third-order valence-corrected chi connectivity index (χ3v) is 14.4. The highest BCUT2D eigenvalue weighted by atomic mass is 33.1. The van der Waals surface area contributed by atoms with Crippen molar-refractivity contribution in [2.24, 2.45) is 0 Å². The van der Waals surface area contributed by atoms with Crippen molar-refractivity contribution in [1.82, 2.24) is 9.13 Å². The molecule has 0 amide bonds. The molecule has 0 saturated heterocycles. The fourth-order valence-corrected chi connectivity index (χ4v) is 11.3. The Hall–Kier alpha value is -4.00. The van der Waals surface area contributed by atoms with E-state index in [1.807, 2.05) is 21.6 Å². The Morgan fingerprint density at radius 2 is 0.550 bits per heavy atom.